The third-order valence-corrected chi connectivity index (χ3v) is 6.40. The van der Waals surface area contributed by atoms with Crippen LogP contribution in [0.15, 0.2) is 59.8 Å². The number of oxime groups is 1. The van der Waals surface area contributed by atoms with Crippen LogP contribution in [0.25, 0.3) is 11.1 Å². The van der Waals surface area contributed by atoms with Crippen LogP contribution in [0.1, 0.15) is 48.7 Å². The van der Waals surface area contributed by atoms with Gasteiger partial charge in [-0.3, -0.25) is 0 Å². The van der Waals surface area contributed by atoms with Crippen LogP contribution in [0.2, 0.25) is 0 Å². The smallest absolute Gasteiger partial charge is 0.220 e. The minimum absolute atomic E-state index is 0.229. The van der Waals surface area contributed by atoms with E-state index in [-0.39, 0.29) is 5.92 Å². The Hall–Kier alpha value is -3.25. The molecule has 1 aliphatic carbocycles. The maximum absolute atomic E-state index is 6.02. The number of rotatable bonds is 8. The lowest BCUT2D eigenvalue weighted by Crippen LogP contribution is -2.27. The molecule has 172 valence electrons. The maximum atomic E-state index is 6.02. The number of hydrogen-bond acceptors (Lipinski definition) is 6. The number of nitrogens with zero attached hydrogens (tertiary/aromatic N) is 4. The van der Waals surface area contributed by atoms with Crippen LogP contribution in [-0.2, 0) is 11.3 Å². The molecule has 4 rings (SSSR count). The molecule has 33 heavy (non-hydrogen) atoms. The van der Waals surface area contributed by atoms with E-state index in [4.69, 9.17) is 10.6 Å². The number of likely N-dealkylation sites (N-methyl/N-ethyl adjacent to an activating group) is 1. The Morgan fingerprint density at radius 2 is 1.73 bits per heavy atom. The minimum Gasteiger partial charge on any atom is -0.394 e. The van der Waals surface area contributed by atoms with Crippen molar-refractivity contribution in [1.29, 1.82) is 0 Å². The molecule has 0 aliphatic heterocycles. The van der Waals surface area contributed by atoms with Crippen molar-refractivity contribution in [3.63, 3.8) is 0 Å². The molecule has 0 radical (unpaired) electrons. The van der Waals surface area contributed by atoms with E-state index in [1.807, 2.05) is 13.0 Å². The average Bonchev–Trinajstić information content (AvgIpc) is 2.84. The Morgan fingerprint density at radius 3 is 2.48 bits per heavy atom. The lowest BCUT2D eigenvalue weighted by molar-refractivity contribution is 0.113. The molecule has 0 spiro atoms. The monoisotopic (exact) mass is 443 g/mol. The number of aromatic nitrogens is 2. The zero-order valence-corrected chi connectivity index (χ0v) is 19.8. The number of nitrogen functional groups attached to an aromatic ring is 1. The van der Waals surface area contributed by atoms with Crippen LogP contribution >= 0.6 is 0 Å². The first-order valence-corrected chi connectivity index (χ1v) is 11.8. The molecular formula is C27H33N5O. The van der Waals surface area contributed by atoms with Gasteiger partial charge in [-0.2, -0.15) is 0 Å². The highest BCUT2D eigenvalue weighted by Crippen LogP contribution is 2.38. The van der Waals surface area contributed by atoms with Gasteiger partial charge < -0.3 is 15.5 Å². The third-order valence-electron chi connectivity index (χ3n) is 6.40. The molecule has 1 unspecified atom stereocenters. The van der Waals surface area contributed by atoms with Crippen molar-refractivity contribution in [3.8, 4) is 11.1 Å². The third kappa shape index (κ3) is 5.22. The van der Waals surface area contributed by atoms with E-state index in [0.29, 0.717) is 12.6 Å². The van der Waals surface area contributed by atoms with E-state index in [0.717, 1.165) is 55.1 Å². The first kappa shape index (κ1) is 22.9. The normalized spacial score (nSPS) is 16.7. The summed E-state index contributed by atoms with van der Waals surface area (Å²) in [5.41, 5.74) is 13.5. The van der Waals surface area contributed by atoms with Crippen molar-refractivity contribution in [1.82, 2.24) is 14.9 Å². The first-order valence-electron chi connectivity index (χ1n) is 11.8. The van der Waals surface area contributed by atoms with Gasteiger partial charge in [0.2, 0.25) is 5.95 Å². The summed E-state index contributed by atoms with van der Waals surface area (Å²) in [6, 6.07) is 19.1. The van der Waals surface area contributed by atoms with Gasteiger partial charge in [-0.1, -0.05) is 73.6 Å². The second-order valence-corrected chi connectivity index (χ2v) is 8.45. The highest BCUT2D eigenvalue weighted by molar-refractivity contribution is 6.03. The number of anilines is 1. The van der Waals surface area contributed by atoms with Crippen LogP contribution in [-0.4, -0.2) is 46.8 Å². The van der Waals surface area contributed by atoms with E-state index in [2.05, 4.69) is 82.4 Å². The number of nitrogens with two attached hydrogens (primary N) is 1. The topological polar surface area (TPSA) is 76.6 Å². The predicted molar refractivity (Wildman–Crippen MR) is 134 cm³/mol. The van der Waals surface area contributed by atoms with Crippen LogP contribution in [0.4, 0.5) is 5.95 Å². The number of fused-ring (bicyclic) bond motifs is 1. The second kappa shape index (κ2) is 10.6. The van der Waals surface area contributed by atoms with Crippen molar-refractivity contribution in [3.05, 3.63) is 77.1 Å². The molecule has 6 nitrogen and oxygen atoms in total. The zero-order valence-electron chi connectivity index (χ0n) is 19.8. The SMILES string of the molecule is CCN(CC)CCO/N=C1\CC(c2ccccc2-c2ccccc2)Cc2nc(N)nc(C)c21. The molecule has 6 heteroatoms. The van der Waals surface area contributed by atoms with Crippen molar-refractivity contribution in [2.75, 3.05) is 32.0 Å². The summed E-state index contributed by atoms with van der Waals surface area (Å²) >= 11 is 0. The summed E-state index contributed by atoms with van der Waals surface area (Å²) in [4.78, 5) is 17.1. The Kier molecular flexibility index (Phi) is 7.35. The fourth-order valence-electron chi connectivity index (χ4n) is 4.69. The van der Waals surface area contributed by atoms with E-state index < -0.39 is 0 Å². The highest BCUT2D eigenvalue weighted by atomic mass is 16.6. The molecule has 1 aliphatic rings. The fraction of sp³-hybridized carbons (Fsp3) is 0.370. The Bertz CT molecular complexity index is 1110. The summed E-state index contributed by atoms with van der Waals surface area (Å²) in [6.45, 7) is 9.71. The lowest BCUT2D eigenvalue weighted by atomic mass is 9.78. The van der Waals surface area contributed by atoms with Gasteiger partial charge in [-0.25, -0.2) is 9.97 Å². The maximum Gasteiger partial charge on any atom is 0.220 e. The number of hydrogen-bond donors (Lipinski definition) is 1. The van der Waals surface area contributed by atoms with Crippen molar-refractivity contribution in [2.24, 2.45) is 5.16 Å². The largest absolute Gasteiger partial charge is 0.394 e. The van der Waals surface area contributed by atoms with Crippen molar-refractivity contribution in [2.45, 2.75) is 39.5 Å². The van der Waals surface area contributed by atoms with Gasteiger partial charge in [0.15, 0.2) is 0 Å². The zero-order chi connectivity index (χ0) is 23.2. The molecule has 3 aromatic rings. The Morgan fingerprint density at radius 1 is 1.00 bits per heavy atom. The fourth-order valence-corrected chi connectivity index (χ4v) is 4.69. The Labute approximate surface area is 196 Å². The van der Waals surface area contributed by atoms with Crippen LogP contribution in [0, 0.1) is 6.92 Å². The van der Waals surface area contributed by atoms with E-state index in [1.165, 1.54) is 16.7 Å². The van der Waals surface area contributed by atoms with Gasteiger partial charge in [0.05, 0.1) is 17.1 Å². The van der Waals surface area contributed by atoms with E-state index in [9.17, 15) is 0 Å². The molecule has 0 saturated heterocycles. The molecule has 1 atom stereocenters. The molecule has 1 aromatic heterocycles. The van der Waals surface area contributed by atoms with Crippen LogP contribution < -0.4 is 5.73 Å². The molecule has 0 amide bonds. The van der Waals surface area contributed by atoms with E-state index in [1.54, 1.807) is 0 Å². The molecule has 1 heterocycles. The summed E-state index contributed by atoms with van der Waals surface area (Å²) in [7, 11) is 0. The summed E-state index contributed by atoms with van der Waals surface area (Å²) < 4.78 is 0. The first-order chi connectivity index (χ1) is 16.1. The summed E-state index contributed by atoms with van der Waals surface area (Å²) in [6.07, 6.45) is 1.57. The van der Waals surface area contributed by atoms with Gasteiger partial charge in [-0.05, 0) is 49.0 Å². The van der Waals surface area contributed by atoms with Crippen molar-refractivity contribution >= 4 is 11.7 Å². The lowest BCUT2D eigenvalue weighted by Gasteiger charge is -2.28. The van der Waals surface area contributed by atoms with Crippen LogP contribution in [0.5, 0.6) is 0 Å². The van der Waals surface area contributed by atoms with Crippen LogP contribution in [0.3, 0.4) is 0 Å². The van der Waals surface area contributed by atoms with E-state index >= 15 is 0 Å². The average molecular weight is 444 g/mol. The molecule has 0 saturated carbocycles. The standard InChI is InChI=1S/C27H33N5O/c1-4-32(5-2)15-16-33-31-25-18-21(17-24-26(25)19(3)29-27(28)30-24)23-14-10-9-13-22(23)20-11-7-6-8-12-20/h6-14,21H,4-5,15-18H2,1-3H3,(H2,28,29,30)/b31-25+. The van der Waals surface area contributed by atoms with Gasteiger partial charge >= 0.3 is 0 Å². The summed E-state index contributed by atoms with van der Waals surface area (Å²) in [5.74, 6) is 0.540. The minimum atomic E-state index is 0.229. The number of benzene rings is 2. The molecule has 0 bridgehead atoms. The van der Waals surface area contributed by atoms with Crippen molar-refractivity contribution < 1.29 is 4.84 Å². The number of aryl methyl sites for hydroxylation is 1. The predicted octanol–water partition coefficient (Wildman–Crippen LogP) is 4.83. The van der Waals surface area contributed by atoms with Gasteiger partial charge in [0, 0.05) is 18.5 Å². The summed E-state index contributed by atoms with van der Waals surface area (Å²) in [5, 5.41) is 4.60. The molecule has 2 aromatic carbocycles. The van der Waals surface area contributed by atoms with Gasteiger partial charge in [0.1, 0.15) is 6.61 Å². The molecule has 2 N–H and O–H groups in total. The molecular weight excluding hydrogens is 410 g/mol. The van der Waals surface area contributed by atoms with Gasteiger partial charge in [-0.15, -0.1) is 0 Å². The quantitative estimate of drug-likeness (QED) is 0.399. The molecule has 0 fully saturated rings. The van der Waals surface area contributed by atoms with Gasteiger partial charge in [0.25, 0.3) is 0 Å². The highest BCUT2D eigenvalue weighted by Gasteiger charge is 2.30. The second-order valence-electron chi connectivity index (χ2n) is 8.45. The Balaban J connectivity index is 1.67.